The van der Waals surface area contributed by atoms with E-state index in [0.717, 1.165) is 28.2 Å². The molecule has 0 radical (unpaired) electrons. The summed E-state index contributed by atoms with van der Waals surface area (Å²) in [6.45, 7) is 8.25. The van der Waals surface area contributed by atoms with Gasteiger partial charge in [-0.05, 0) is 56.0 Å². The fraction of sp³-hybridized carbons (Fsp3) is 0.316. The van der Waals surface area contributed by atoms with Crippen LogP contribution in [0.25, 0.3) is 16.9 Å². The Morgan fingerprint density at radius 3 is 2.55 bits per heavy atom. The summed E-state index contributed by atoms with van der Waals surface area (Å²) >= 11 is 0. The van der Waals surface area contributed by atoms with E-state index in [2.05, 4.69) is 45.0 Å². The third-order valence-electron chi connectivity index (χ3n) is 4.36. The molecule has 114 valence electrons. The lowest BCUT2D eigenvalue weighted by Gasteiger charge is -2.11. The molecule has 0 spiro atoms. The summed E-state index contributed by atoms with van der Waals surface area (Å²) in [5.41, 5.74) is 7.36. The van der Waals surface area contributed by atoms with Gasteiger partial charge in [0.2, 0.25) is 0 Å². The Labute approximate surface area is 131 Å². The highest BCUT2D eigenvalue weighted by molar-refractivity contribution is 5.69. The van der Waals surface area contributed by atoms with Crippen molar-refractivity contribution in [2.45, 2.75) is 40.2 Å². The second-order valence-electron chi connectivity index (χ2n) is 5.95. The maximum Gasteiger partial charge on any atom is 0.140 e. The number of nitrogens with zero attached hydrogens (tertiary/aromatic N) is 2. The maximum atomic E-state index is 10.5. The molecule has 3 nitrogen and oxygen atoms in total. The Hall–Kier alpha value is -2.13. The van der Waals surface area contributed by atoms with Gasteiger partial charge in [-0.15, -0.1) is 0 Å². The summed E-state index contributed by atoms with van der Waals surface area (Å²) in [5.74, 6) is 0. The van der Waals surface area contributed by atoms with Crippen molar-refractivity contribution in [3.63, 3.8) is 0 Å². The van der Waals surface area contributed by atoms with Crippen LogP contribution < -0.4 is 0 Å². The number of aliphatic hydroxyl groups is 1. The molecule has 1 atom stereocenters. The van der Waals surface area contributed by atoms with Gasteiger partial charge in [-0.2, -0.15) is 0 Å². The first-order chi connectivity index (χ1) is 10.5. The van der Waals surface area contributed by atoms with Crippen LogP contribution >= 0.6 is 0 Å². The minimum atomic E-state index is -0.520. The molecule has 1 aromatic carbocycles. The summed E-state index contributed by atoms with van der Waals surface area (Å²) in [4.78, 5) is 4.83. The molecular formula is C19H22N2O. The van der Waals surface area contributed by atoms with Crippen molar-refractivity contribution in [2.24, 2.45) is 0 Å². The predicted octanol–water partition coefficient (Wildman–Crippen LogP) is 4.37. The van der Waals surface area contributed by atoms with Crippen molar-refractivity contribution in [3.05, 3.63) is 58.9 Å². The highest BCUT2D eigenvalue weighted by Crippen LogP contribution is 2.32. The van der Waals surface area contributed by atoms with E-state index >= 15 is 0 Å². The maximum absolute atomic E-state index is 10.5. The van der Waals surface area contributed by atoms with Gasteiger partial charge in [0.1, 0.15) is 5.65 Å². The van der Waals surface area contributed by atoms with Gasteiger partial charge >= 0.3 is 0 Å². The molecule has 3 rings (SSSR count). The monoisotopic (exact) mass is 294 g/mol. The fourth-order valence-electron chi connectivity index (χ4n) is 2.84. The average molecular weight is 294 g/mol. The number of benzene rings is 1. The zero-order valence-electron chi connectivity index (χ0n) is 13.6. The van der Waals surface area contributed by atoms with E-state index in [9.17, 15) is 5.11 Å². The van der Waals surface area contributed by atoms with E-state index in [0.29, 0.717) is 6.42 Å². The smallest absolute Gasteiger partial charge is 0.140 e. The lowest BCUT2D eigenvalue weighted by molar-refractivity contribution is 0.168. The number of aromatic nitrogens is 2. The van der Waals surface area contributed by atoms with Gasteiger partial charge in [-0.25, -0.2) is 4.98 Å². The van der Waals surface area contributed by atoms with Crippen LogP contribution in [0.5, 0.6) is 0 Å². The first kappa shape index (κ1) is 14.8. The molecule has 3 heteroatoms. The van der Waals surface area contributed by atoms with Gasteiger partial charge in [0, 0.05) is 11.8 Å². The Morgan fingerprint density at radius 1 is 1.09 bits per heavy atom. The van der Waals surface area contributed by atoms with Gasteiger partial charge < -0.3 is 9.51 Å². The van der Waals surface area contributed by atoms with E-state index in [1.54, 1.807) is 0 Å². The Bertz CT molecular complexity index is 833. The molecule has 1 N–H and O–H groups in total. The zero-order valence-corrected chi connectivity index (χ0v) is 13.6. The summed E-state index contributed by atoms with van der Waals surface area (Å²) < 4.78 is 2.02. The molecule has 0 saturated heterocycles. The SMILES string of the molecule is CCC(O)c1c(-c2ccc(C)c(C)c2)nc2c(C)cccn12. The largest absolute Gasteiger partial charge is 0.387 e. The van der Waals surface area contributed by atoms with E-state index in [-0.39, 0.29) is 0 Å². The highest BCUT2D eigenvalue weighted by Gasteiger charge is 2.20. The average Bonchev–Trinajstić information content (AvgIpc) is 2.90. The standard InChI is InChI=1S/C19H22N2O/c1-5-16(22)18-17(15-9-8-12(2)14(4)11-15)20-19-13(3)7-6-10-21(18)19/h6-11,16,22H,5H2,1-4H3. The molecule has 1 unspecified atom stereocenters. The van der Waals surface area contributed by atoms with Crippen molar-refractivity contribution < 1.29 is 5.11 Å². The van der Waals surface area contributed by atoms with Crippen LogP contribution in [0.3, 0.4) is 0 Å². The van der Waals surface area contributed by atoms with Gasteiger partial charge in [0.25, 0.3) is 0 Å². The molecule has 0 aliphatic heterocycles. The fourth-order valence-corrected chi connectivity index (χ4v) is 2.84. The van der Waals surface area contributed by atoms with E-state index < -0.39 is 6.10 Å². The molecule has 0 fully saturated rings. The highest BCUT2D eigenvalue weighted by atomic mass is 16.3. The van der Waals surface area contributed by atoms with Crippen LogP contribution in [-0.4, -0.2) is 14.5 Å². The minimum absolute atomic E-state index is 0.520. The number of hydrogen-bond donors (Lipinski definition) is 1. The van der Waals surface area contributed by atoms with Crippen LogP contribution in [0.15, 0.2) is 36.5 Å². The molecule has 0 bridgehead atoms. The number of rotatable bonds is 3. The quantitative estimate of drug-likeness (QED) is 0.779. The Balaban J connectivity index is 2.32. The van der Waals surface area contributed by atoms with Gasteiger partial charge in [-0.1, -0.05) is 25.1 Å². The molecule has 0 saturated carbocycles. The lowest BCUT2D eigenvalue weighted by atomic mass is 10.0. The van der Waals surface area contributed by atoms with Crippen molar-refractivity contribution in [1.29, 1.82) is 0 Å². The van der Waals surface area contributed by atoms with Crippen LogP contribution in [0.1, 0.15) is 41.8 Å². The predicted molar refractivity (Wildman–Crippen MR) is 90.1 cm³/mol. The minimum Gasteiger partial charge on any atom is -0.387 e. The molecule has 2 heterocycles. The van der Waals surface area contributed by atoms with Crippen molar-refractivity contribution >= 4 is 5.65 Å². The molecule has 22 heavy (non-hydrogen) atoms. The zero-order chi connectivity index (χ0) is 15.9. The van der Waals surface area contributed by atoms with Crippen LogP contribution in [0, 0.1) is 20.8 Å². The summed E-state index contributed by atoms with van der Waals surface area (Å²) in [6.07, 6.45) is 2.13. The number of pyridine rings is 1. The number of aryl methyl sites for hydroxylation is 3. The van der Waals surface area contributed by atoms with Crippen molar-refractivity contribution in [3.8, 4) is 11.3 Å². The van der Waals surface area contributed by atoms with Crippen LogP contribution in [0.4, 0.5) is 0 Å². The molecule has 2 aromatic heterocycles. The first-order valence-electron chi connectivity index (χ1n) is 7.76. The van der Waals surface area contributed by atoms with E-state index in [1.165, 1.54) is 11.1 Å². The molecule has 3 aromatic rings. The van der Waals surface area contributed by atoms with Crippen LogP contribution in [0.2, 0.25) is 0 Å². The third-order valence-corrected chi connectivity index (χ3v) is 4.36. The number of aliphatic hydroxyl groups excluding tert-OH is 1. The summed E-state index contributed by atoms with van der Waals surface area (Å²) in [6, 6.07) is 10.4. The second-order valence-corrected chi connectivity index (χ2v) is 5.95. The van der Waals surface area contributed by atoms with E-state index in [4.69, 9.17) is 4.98 Å². The Morgan fingerprint density at radius 2 is 1.86 bits per heavy atom. The van der Waals surface area contributed by atoms with Crippen molar-refractivity contribution in [2.75, 3.05) is 0 Å². The molecule has 0 aliphatic carbocycles. The number of imidazole rings is 1. The normalized spacial score (nSPS) is 12.8. The molecule has 0 amide bonds. The summed E-state index contributed by atoms with van der Waals surface area (Å²) in [5, 5.41) is 10.5. The van der Waals surface area contributed by atoms with E-state index in [1.807, 2.05) is 23.6 Å². The number of hydrogen-bond acceptors (Lipinski definition) is 2. The topological polar surface area (TPSA) is 37.5 Å². The Kier molecular flexibility index (Phi) is 3.75. The van der Waals surface area contributed by atoms with Crippen molar-refractivity contribution in [1.82, 2.24) is 9.38 Å². The number of fused-ring (bicyclic) bond motifs is 1. The van der Waals surface area contributed by atoms with Gasteiger partial charge in [0.05, 0.1) is 17.5 Å². The van der Waals surface area contributed by atoms with Gasteiger partial charge in [-0.3, -0.25) is 0 Å². The lowest BCUT2D eigenvalue weighted by Crippen LogP contribution is -2.02. The molecular weight excluding hydrogens is 272 g/mol. The molecule has 0 aliphatic rings. The van der Waals surface area contributed by atoms with Crippen LogP contribution in [-0.2, 0) is 0 Å². The summed E-state index contributed by atoms with van der Waals surface area (Å²) in [7, 11) is 0. The van der Waals surface area contributed by atoms with Gasteiger partial charge in [0.15, 0.2) is 0 Å². The third kappa shape index (κ3) is 2.32. The second kappa shape index (κ2) is 5.58. The first-order valence-corrected chi connectivity index (χ1v) is 7.76.